The highest BCUT2D eigenvalue weighted by molar-refractivity contribution is 8.19. The van der Waals surface area contributed by atoms with Gasteiger partial charge < -0.3 is 4.90 Å². The van der Waals surface area contributed by atoms with E-state index in [1.54, 1.807) is 0 Å². The summed E-state index contributed by atoms with van der Waals surface area (Å²) >= 11 is 4.01. The van der Waals surface area contributed by atoms with Gasteiger partial charge in [0.15, 0.2) is 0 Å². The molecule has 1 amide bonds. The van der Waals surface area contributed by atoms with E-state index in [0.29, 0.717) is 10.6 Å². The van der Waals surface area contributed by atoms with Crippen molar-refractivity contribution in [3.63, 3.8) is 0 Å². The number of carbonyl (C=O) groups is 1. The first-order chi connectivity index (χ1) is 12.3. The second-order valence-corrected chi connectivity index (χ2v) is 9.40. The van der Waals surface area contributed by atoms with Gasteiger partial charge in [0, 0.05) is 29.7 Å². The second-order valence-electron chi connectivity index (χ2n) is 6.68. The molecule has 4 heteroatoms. The molecule has 2 aliphatic rings. The standard InChI is InChI=1S/C21H23NOS2/c23-20(17-8-10-18(11-9-17)21-24-13-14-25-21)22-12-4-7-19(22)15-16-5-2-1-3-6-16/h1-3,5-6,8-11,19,21H,4,7,12-15H2. The van der Waals surface area contributed by atoms with E-state index in [1.165, 1.54) is 22.6 Å². The summed E-state index contributed by atoms with van der Waals surface area (Å²) < 4.78 is 0.543. The summed E-state index contributed by atoms with van der Waals surface area (Å²) in [6, 6.07) is 19.2. The SMILES string of the molecule is O=C(c1ccc(C2SCCS2)cc1)N1CCCC1Cc1ccccc1. The highest BCUT2D eigenvalue weighted by atomic mass is 32.2. The van der Waals surface area contributed by atoms with Gasteiger partial charge in [0.25, 0.3) is 5.91 Å². The first-order valence-corrected chi connectivity index (χ1v) is 11.1. The Bertz CT molecular complexity index is 710. The van der Waals surface area contributed by atoms with Gasteiger partial charge in [-0.1, -0.05) is 42.5 Å². The first kappa shape index (κ1) is 17.0. The van der Waals surface area contributed by atoms with Gasteiger partial charge in [0.1, 0.15) is 0 Å². The minimum atomic E-state index is 0.191. The van der Waals surface area contributed by atoms with E-state index in [2.05, 4.69) is 41.3 Å². The van der Waals surface area contributed by atoms with Gasteiger partial charge in [-0.15, -0.1) is 23.5 Å². The van der Waals surface area contributed by atoms with Gasteiger partial charge in [0.2, 0.25) is 0 Å². The van der Waals surface area contributed by atoms with Crippen molar-refractivity contribution >= 4 is 29.4 Å². The number of carbonyl (C=O) groups excluding carboxylic acids is 1. The van der Waals surface area contributed by atoms with Crippen LogP contribution in [-0.4, -0.2) is 34.9 Å². The fourth-order valence-corrected chi connectivity index (χ4v) is 6.56. The van der Waals surface area contributed by atoms with E-state index in [0.717, 1.165) is 31.4 Å². The van der Waals surface area contributed by atoms with Gasteiger partial charge in [-0.2, -0.15) is 0 Å². The Kier molecular flexibility index (Phi) is 5.37. The average Bonchev–Trinajstić information content (AvgIpc) is 3.34. The quantitative estimate of drug-likeness (QED) is 0.755. The Morgan fingerprint density at radius 1 is 1.00 bits per heavy atom. The maximum absolute atomic E-state index is 13.0. The predicted molar refractivity (Wildman–Crippen MR) is 108 cm³/mol. The first-order valence-electron chi connectivity index (χ1n) is 8.99. The lowest BCUT2D eigenvalue weighted by molar-refractivity contribution is 0.0736. The number of nitrogens with zero attached hydrogens (tertiary/aromatic N) is 1. The zero-order valence-electron chi connectivity index (χ0n) is 14.3. The minimum absolute atomic E-state index is 0.191. The van der Waals surface area contributed by atoms with Gasteiger partial charge in [0.05, 0.1) is 4.58 Å². The van der Waals surface area contributed by atoms with E-state index in [4.69, 9.17) is 0 Å². The smallest absolute Gasteiger partial charge is 0.254 e. The molecule has 2 fully saturated rings. The van der Waals surface area contributed by atoms with Crippen molar-refractivity contribution in [2.45, 2.75) is 29.9 Å². The Morgan fingerprint density at radius 2 is 1.72 bits per heavy atom. The van der Waals surface area contributed by atoms with Gasteiger partial charge >= 0.3 is 0 Å². The van der Waals surface area contributed by atoms with E-state index in [9.17, 15) is 4.79 Å². The number of hydrogen-bond acceptors (Lipinski definition) is 3. The third-order valence-corrected chi connectivity index (χ3v) is 8.11. The van der Waals surface area contributed by atoms with Crippen molar-refractivity contribution in [2.75, 3.05) is 18.1 Å². The summed E-state index contributed by atoms with van der Waals surface area (Å²) in [6.07, 6.45) is 3.17. The summed E-state index contributed by atoms with van der Waals surface area (Å²) in [5, 5.41) is 0. The Morgan fingerprint density at radius 3 is 2.44 bits per heavy atom. The molecule has 0 radical (unpaired) electrons. The molecule has 1 atom stereocenters. The van der Waals surface area contributed by atoms with Crippen LogP contribution in [0.3, 0.4) is 0 Å². The molecule has 2 aliphatic heterocycles. The van der Waals surface area contributed by atoms with Crippen LogP contribution in [0, 0.1) is 0 Å². The topological polar surface area (TPSA) is 20.3 Å². The summed E-state index contributed by atoms with van der Waals surface area (Å²) in [4.78, 5) is 15.1. The van der Waals surface area contributed by atoms with Crippen LogP contribution in [0.25, 0.3) is 0 Å². The van der Waals surface area contributed by atoms with Crippen LogP contribution in [0.5, 0.6) is 0 Å². The number of rotatable bonds is 4. The van der Waals surface area contributed by atoms with Crippen molar-refractivity contribution in [1.29, 1.82) is 0 Å². The van der Waals surface area contributed by atoms with Crippen LogP contribution in [0.4, 0.5) is 0 Å². The molecule has 0 bridgehead atoms. The zero-order valence-corrected chi connectivity index (χ0v) is 15.9. The molecule has 2 aromatic rings. The van der Waals surface area contributed by atoms with Crippen LogP contribution in [0.15, 0.2) is 54.6 Å². The lowest BCUT2D eigenvalue weighted by Crippen LogP contribution is -2.36. The molecule has 2 saturated heterocycles. The third-order valence-electron chi connectivity index (χ3n) is 5.00. The normalized spacial score (nSPS) is 21.0. The Balaban J connectivity index is 1.45. The fourth-order valence-electron chi connectivity index (χ4n) is 3.70. The van der Waals surface area contributed by atoms with Gasteiger partial charge in [-0.3, -0.25) is 4.79 Å². The van der Waals surface area contributed by atoms with E-state index >= 15 is 0 Å². The molecule has 0 aliphatic carbocycles. The monoisotopic (exact) mass is 369 g/mol. The van der Waals surface area contributed by atoms with E-state index in [1.807, 2.05) is 41.7 Å². The lowest BCUT2D eigenvalue weighted by Gasteiger charge is -2.25. The fraction of sp³-hybridized carbons (Fsp3) is 0.381. The number of likely N-dealkylation sites (tertiary alicyclic amines) is 1. The highest BCUT2D eigenvalue weighted by Gasteiger charge is 2.29. The molecule has 0 spiro atoms. The average molecular weight is 370 g/mol. The number of hydrogen-bond donors (Lipinski definition) is 0. The number of benzene rings is 2. The van der Waals surface area contributed by atoms with Crippen molar-refractivity contribution in [1.82, 2.24) is 4.90 Å². The number of thioether (sulfide) groups is 2. The van der Waals surface area contributed by atoms with Crippen LogP contribution < -0.4 is 0 Å². The van der Waals surface area contributed by atoms with Gasteiger partial charge in [-0.25, -0.2) is 0 Å². The molecule has 130 valence electrons. The molecule has 0 saturated carbocycles. The second kappa shape index (κ2) is 7.88. The molecule has 2 heterocycles. The molecule has 2 nitrogen and oxygen atoms in total. The molecular weight excluding hydrogens is 346 g/mol. The van der Waals surface area contributed by atoms with Crippen molar-refractivity contribution in [3.8, 4) is 0 Å². The Labute approximate surface area is 158 Å². The van der Waals surface area contributed by atoms with Crippen molar-refractivity contribution in [2.24, 2.45) is 0 Å². The maximum Gasteiger partial charge on any atom is 0.254 e. The third kappa shape index (κ3) is 3.90. The molecule has 1 unspecified atom stereocenters. The van der Waals surface area contributed by atoms with Crippen LogP contribution in [0.2, 0.25) is 0 Å². The summed E-state index contributed by atoms with van der Waals surface area (Å²) in [6.45, 7) is 0.881. The lowest BCUT2D eigenvalue weighted by atomic mass is 10.0. The minimum Gasteiger partial charge on any atom is -0.335 e. The molecule has 25 heavy (non-hydrogen) atoms. The maximum atomic E-state index is 13.0. The highest BCUT2D eigenvalue weighted by Crippen LogP contribution is 2.45. The molecule has 0 aromatic heterocycles. The van der Waals surface area contributed by atoms with Crippen molar-refractivity contribution < 1.29 is 4.79 Å². The molecule has 2 aromatic carbocycles. The summed E-state index contributed by atoms with van der Waals surface area (Å²) in [7, 11) is 0. The summed E-state index contributed by atoms with van der Waals surface area (Å²) in [5.41, 5.74) is 3.49. The van der Waals surface area contributed by atoms with Crippen LogP contribution in [-0.2, 0) is 6.42 Å². The van der Waals surface area contributed by atoms with Gasteiger partial charge in [-0.05, 0) is 42.5 Å². The zero-order chi connectivity index (χ0) is 17.1. The van der Waals surface area contributed by atoms with Crippen LogP contribution in [0.1, 0.15) is 38.9 Å². The van der Waals surface area contributed by atoms with E-state index in [-0.39, 0.29) is 5.91 Å². The number of amides is 1. The molecule has 0 N–H and O–H groups in total. The van der Waals surface area contributed by atoms with Crippen molar-refractivity contribution in [3.05, 3.63) is 71.3 Å². The Hall–Kier alpha value is -1.39. The van der Waals surface area contributed by atoms with E-state index < -0.39 is 0 Å². The summed E-state index contributed by atoms with van der Waals surface area (Å²) in [5.74, 6) is 2.65. The van der Waals surface area contributed by atoms with Crippen LogP contribution >= 0.6 is 23.5 Å². The molecular formula is C21H23NOS2. The predicted octanol–water partition coefficient (Wildman–Crippen LogP) is 5.01. The molecule has 4 rings (SSSR count). The largest absolute Gasteiger partial charge is 0.335 e.